The Morgan fingerprint density at radius 1 is 1.47 bits per heavy atom. The Kier molecular flexibility index (Phi) is 4.81. The van der Waals surface area contributed by atoms with Gasteiger partial charge in [-0.2, -0.15) is 0 Å². The number of ether oxygens (including phenoxy) is 1. The molecule has 0 amide bonds. The van der Waals surface area contributed by atoms with Crippen LogP contribution in [0, 0.1) is 5.82 Å². The predicted molar refractivity (Wildman–Crippen MR) is 64.7 cm³/mol. The van der Waals surface area contributed by atoms with Gasteiger partial charge in [0.05, 0.1) is 12.2 Å². The van der Waals surface area contributed by atoms with Gasteiger partial charge in [0.2, 0.25) is 0 Å². The van der Waals surface area contributed by atoms with Crippen LogP contribution in [0.15, 0.2) is 18.2 Å². The lowest BCUT2D eigenvalue weighted by Crippen LogP contribution is -2.08. The SMILES string of the molecule is CCOC(=O)c1ccc(C(Br)C(C)=O)c(F)c1. The molecule has 0 aromatic heterocycles. The van der Waals surface area contributed by atoms with E-state index in [1.807, 2.05) is 0 Å². The fourth-order valence-corrected chi connectivity index (χ4v) is 1.66. The molecule has 0 fully saturated rings. The van der Waals surface area contributed by atoms with Gasteiger partial charge in [-0.15, -0.1) is 0 Å². The van der Waals surface area contributed by atoms with Crippen LogP contribution in [0.25, 0.3) is 0 Å². The molecule has 0 bridgehead atoms. The van der Waals surface area contributed by atoms with Crippen molar-refractivity contribution in [2.45, 2.75) is 18.7 Å². The largest absolute Gasteiger partial charge is 0.462 e. The Bertz CT molecular complexity index is 445. The highest BCUT2D eigenvalue weighted by Gasteiger charge is 2.18. The van der Waals surface area contributed by atoms with Gasteiger partial charge < -0.3 is 4.74 Å². The molecule has 0 radical (unpaired) electrons. The quantitative estimate of drug-likeness (QED) is 0.634. The number of hydrogen-bond acceptors (Lipinski definition) is 3. The third kappa shape index (κ3) is 3.36. The van der Waals surface area contributed by atoms with Crippen LogP contribution in [0.4, 0.5) is 4.39 Å². The van der Waals surface area contributed by atoms with Crippen LogP contribution in [-0.4, -0.2) is 18.4 Å². The number of benzene rings is 1. The van der Waals surface area contributed by atoms with Gasteiger partial charge in [0.1, 0.15) is 16.4 Å². The number of rotatable bonds is 4. The van der Waals surface area contributed by atoms with E-state index >= 15 is 0 Å². The van der Waals surface area contributed by atoms with Gasteiger partial charge in [0.25, 0.3) is 0 Å². The van der Waals surface area contributed by atoms with Gasteiger partial charge in [-0.1, -0.05) is 22.0 Å². The molecule has 1 atom stereocenters. The van der Waals surface area contributed by atoms with Crippen molar-refractivity contribution in [1.82, 2.24) is 0 Å². The number of Topliss-reactive ketones (excluding diaryl/α,β-unsaturated/α-hetero) is 1. The molecule has 0 spiro atoms. The maximum absolute atomic E-state index is 13.7. The smallest absolute Gasteiger partial charge is 0.338 e. The van der Waals surface area contributed by atoms with E-state index in [0.717, 1.165) is 6.07 Å². The lowest BCUT2D eigenvalue weighted by Gasteiger charge is -2.09. The zero-order valence-electron chi connectivity index (χ0n) is 9.50. The Labute approximate surface area is 107 Å². The first kappa shape index (κ1) is 13.8. The van der Waals surface area contributed by atoms with Crippen molar-refractivity contribution in [1.29, 1.82) is 0 Å². The fraction of sp³-hybridized carbons (Fsp3) is 0.333. The van der Waals surface area contributed by atoms with E-state index in [9.17, 15) is 14.0 Å². The number of carbonyl (C=O) groups is 2. The van der Waals surface area contributed by atoms with Crippen LogP contribution in [0.3, 0.4) is 0 Å². The summed E-state index contributed by atoms with van der Waals surface area (Å²) in [6, 6.07) is 3.92. The van der Waals surface area contributed by atoms with Crippen LogP contribution in [0.2, 0.25) is 0 Å². The molecular formula is C12H12BrFO3. The van der Waals surface area contributed by atoms with Gasteiger partial charge in [0.15, 0.2) is 0 Å². The molecule has 1 unspecified atom stereocenters. The maximum atomic E-state index is 13.7. The van der Waals surface area contributed by atoms with Crippen molar-refractivity contribution in [2.75, 3.05) is 6.61 Å². The lowest BCUT2D eigenvalue weighted by molar-refractivity contribution is -0.116. The highest BCUT2D eigenvalue weighted by Crippen LogP contribution is 2.26. The zero-order valence-corrected chi connectivity index (χ0v) is 11.1. The minimum Gasteiger partial charge on any atom is -0.462 e. The summed E-state index contributed by atoms with van der Waals surface area (Å²) in [5, 5.41) is 0. The highest BCUT2D eigenvalue weighted by atomic mass is 79.9. The normalized spacial score (nSPS) is 12.0. The maximum Gasteiger partial charge on any atom is 0.338 e. The topological polar surface area (TPSA) is 43.4 Å². The van der Waals surface area contributed by atoms with Gasteiger partial charge >= 0.3 is 5.97 Å². The summed E-state index contributed by atoms with van der Waals surface area (Å²) in [5.41, 5.74) is 0.349. The van der Waals surface area contributed by atoms with E-state index in [4.69, 9.17) is 4.74 Å². The monoisotopic (exact) mass is 302 g/mol. The van der Waals surface area contributed by atoms with E-state index in [0.29, 0.717) is 0 Å². The number of hydrogen-bond donors (Lipinski definition) is 0. The molecule has 0 heterocycles. The molecule has 0 saturated heterocycles. The molecule has 3 nitrogen and oxygen atoms in total. The number of ketones is 1. The van der Waals surface area contributed by atoms with Crippen molar-refractivity contribution >= 4 is 27.7 Å². The van der Waals surface area contributed by atoms with E-state index in [1.54, 1.807) is 6.92 Å². The first-order chi connectivity index (χ1) is 7.97. The zero-order chi connectivity index (χ0) is 13.0. The summed E-state index contributed by atoms with van der Waals surface area (Å²) in [7, 11) is 0. The Morgan fingerprint density at radius 2 is 2.12 bits per heavy atom. The van der Waals surface area contributed by atoms with Crippen molar-refractivity contribution < 1.29 is 18.7 Å². The summed E-state index contributed by atoms with van der Waals surface area (Å²) in [6.07, 6.45) is 0. The molecule has 1 rings (SSSR count). The van der Waals surface area contributed by atoms with Crippen LogP contribution in [-0.2, 0) is 9.53 Å². The molecule has 0 aliphatic carbocycles. The summed E-state index contributed by atoms with van der Waals surface area (Å²) in [6.45, 7) is 3.27. The van der Waals surface area contributed by atoms with Crippen molar-refractivity contribution in [3.8, 4) is 0 Å². The molecule has 0 saturated carbocycles. The minimum absolute atomic E-state index is 0.136. The van der Waals surface area contributed by atoms with Crippen molar-refractivity contribution in [3.63, 3.8) is 0 Å². The van der Waals surface area contributed by atoms with Crippen molar-refractivity contribution in [3.05, 3.63) is 35.1 Å². The highest BCUT2D eigenvalue weighted by molar-refractivity contribution is 9.09. The predicted octanol–water partition coefficient (Wildman–Crippen LogP) is 3.03. The molecular weight excluding hydrogens is 291 g/mol. The Balaban J connectivity index is 3.01. The van der Waals surface area contributed by atoms with E-state index in [1.165, 1.54) is 19.1 Å². The molecule has 92 valence electrons. The van der Waals surface area contributed by atoms with Crippen LogP contribution >= 0.6 is 15.9 Å². The standard InChI is InChI=1S/C12H12BrFO3/c1-3-17-12(16)8-4-5-9(10(14)6-8)11(13)7(2)15/h4-6,11H,3H2,1-2H3. The third-order valence-corrected chi connectivity index (χ3v) is 3.28. The molecule has 0 aliphatic heterocycles. The number of halogens is 2. The Hall–Kier alpha value is -1.23. The number of esters is 1. The van der Waals surface area contributed by atoms with Gasteiger partial charge in [-0.05, 0) is 26.0 Å². The molecule has 5 heteroatoms. The molecule has 0 aliphatic rings. The van der Waals surface area contributed by atoms with Crippen LogP contribution < -0.4 is 0 Å². The summed E-state index contributed by atoms with van der Waals surface area (Å²) < 4.78 is 18.4. The summed E-state index contributed by atoms with van der Waals surface area (Å²) >= 11 is 3.09. The second-order valence-electron chi connectivity index (χ2n) is 3.43. The van der Waals surface area contributed by atoms with Gasteiger partial charge in [-0.3, -0.25) is 4.79 Å². The average molecular weight is 303 g/mol. The van der Waals surface area contributed by atoms with E-state index in [-0.39, 0.29) is 23.5 Å². The van der Waals surface area contributed by atoms with E-state index in [2.05, 4.69) is 15.9 Å². The molecule has 1 aromatic carbocycles. The third-order valence-electron chi connectivity index (χ3n) is 2.14. The first-order valence-corrected chi connectivity index (χ1v) is 6.00. The molecule has 17 heavy (non-hydrogen) atoms. The van der Waals surface area contributed by atoms with Crippen LogP contribution in [0.1, 0.15) is 34.6 Å². The van der Waals surface area contributed by atoms with Gasteiger partial charge in [-0.25, -0.2) is 9.18 Å². The lowest BCUT2D eigenvalue weighted by atomic mass is 10.1. The molecule has 0 N–H and O–H groups in total. The summed E-state index contributed by atoms with van der Waals surface area (Å²) in [4.78, 5) is 21.8. The second kappa shape index (κ2) is 5.91. The van der Waals surface area contributed by atoms with Crippen molar-refractivity contribution in [2.24, 2.45) is 0 Å². The Morgan fingerprint density at radius 3 is 2.59 bits per heavy atom. The second-order valence-corrected chi connectivity index (χ2v) is 4.35. The first-order valence-electron chi connectivity index (χ1n) is 5.08. The van der Waals surface area contributed by atoms with Crippen LogP contribution in [0.5, 0.6) is 0 Å². The van der Waals surface area contributed by atoms with E-state index < -0.39 is 16.6 Å². The molecule has 1 aromatic rings. The number of alkyl halides is 1. The number of carbonyl (C=O) groups excluding carboxylic acids is 2. The fourth-order valence-electron chi connectivity index (χ4n) is 1.29. The van der Waals surface area contributed by atoms with Gasteiger partial charge in [0, 0.05) is 5.56 Å². The minimum atomic E-state index is -0.696. The summed E-state index contributed by atoms with van der Waals surface area (Å²) in [5.74, 6) is -1.38. The average Bonchev–Trinajstić information content (AvgIpc) is 2.28.